The van der Waals surface area contributed by atoms with Crippen molar-refractivity contribution < 1.29 is 9.15 Å². The fourth-order valence-corrected chi connectivity index (χ4v) is 2.71. The summed E-state index contributed by atoms with van der Waals surface area (Å²) in [7, 11) is 0. The average molecular weight is 280 g/mol. The van der Waals surface area contributed by atoms with E-state index in [4.69, 9.17) is 9.15 Å². The van der Waals surface area contributed by atoms with E-state index < -0.39 is 0 Å². The van der Waals surface area contributed by atoms with E-state index in [-0.39, 0.29) is 0 Å². The van der Waals surface area contributed by atoms with Crippen molar-refractivity contribution in [2.24, 2.45) is 0 Å². The number of ether oxygens (including phenoxy) is 1. The Morgan fingerprint density at radius 2 is 2.42 bits per heavy atom. The molecule has 104 valence electrons. The van der Waals surface area contributed by atoms with Gasteiger partial charge in [-0.15, -0.1) is 11.3 Å². The van der Waals surface area contributed by atoms with Gasteiger partial charge >= 0.3 is 0 Å². The number of nitrogens with one attached hydrogen (secondary N) is 1. The molecule has 0 fully saturated rings. The second-order valence-corrected chi connectivity index (χ2v) is 5.35. The van der Waals surface area contributed by atoms with E-state index in [9.17, 15) is 0 Å². The highest BCUT2D eigenvalue weighted by molar-refractivity contribution is 7.09. The first-order valence-electron chi connectivity index (χ1n) is 6.51. The number of hydrogen-bond acceptors (Lipinski definition) is 5. The monoisotopic (exact) mass is 280 g/mol. The van der Waals surface area contributed by atoms with Crippen LogP contribution in [0.2, 0.25) is 0 Å². The fourth-order valence-electron chi connectivity index (χ4n) is 1.88. The maximum Gasteiger partial charge on any atom is 0.129 e. The molecule has 0 aromatic carbocycles. The highest BCUT2D eigenvalue weighted by Gasteiger charge is 2.09. The molecule has 2 heterocycles. The van der Waals surface area contributed by atoms with Crippen molar-refractivity contribution in [3.8, 4) is 0 Å². The molecule has 19 heavy (non-hydrogen) atoms. The van der Waals surface area contributed by atoms with Crippen LogP contribution in [0.4, 0.5) is 0 Å². The molecule has 0 aliphatic rings. The smallest absolute Gasteiger partial charge is 0.129 e. The van der Waals surface area contributed by atoms with Crippen molar-refractivity contribution in [2.45, 2.75) is 32.9 Å². The first-order chi connectivity index (χ1) is 9.27. The van der Waals surface area contributed by atoms with Gasteiger partial charge in [0.15, 0.2) is 0 Å². The lowest BCUT2D eigenvalue weighted by Crippen LogP contribution is -2.20. The zero-order valence-electron chi connectivity index (χ0n) is 11.4. The van der Waals surface area contributed by atoms with Crippen LogP contribution < -0.4 is 5.32 Å². The summed E-state index contributed by atoms with van der Waals surface area (Å²) >= 11 is 1.71. The van der Waals surface area contributed by atoms with E-state index in [0.29, 0.717) is 12.6 Å². The summed E-state index contributed by atoms with van der Waals surface area (Å²) < 4.78 is 10.7. The zero-order valence-corrected chi connectivity index (χ0v) is 12.2. The first-order valence-corrected chi connectivity index (χ1v) is 7.39. The first kappa shape index (κ1) is 14.2. The van der Waals surface area contributed by atoms with Crippen molar-refractivity contribution in [1.82, 2.24) is 10.3 Å². The number of rotatable bonds is 8. The highest BCUT2D eigenvalue weighted by atomic mass is 32.1. The lowest BCUT2D eigenvalue weighted by Gasteiger charge is -2.12. The van der Waals surface area contributed by atoms with Crippen molar-refractivity contribution in [1.29, 1.82) is 0 Å². The number of thiazole rings is 1. The van der Waals surface area contributed by atoms with E-state index in [1.54, 1.807) is 17.6 Å². The molecule has 2 aromatic heterocycles. The van der Waals surface area contributed by atoms with Gasteiger partial charge in [0.05, 0.1) is 17.5 Å². The molecule has 4 nitrogen and oxygen atoms in total. The van der Waals surface area contributed by atoms with E-state index >= 15 is 0 Å². The molecule has 0 saturated heterocycles. The number of aromatic nitrogens is 1. The van der Waals surface area contributed by atoms with Crippen LogP contribution >= 0.6 is 11.3 Å². The second-order valence-electron chi connectivity index (χ2n) is 4.46. The molecule has 0 amide bonds. The summed E-state index contributed by atoms with van der Waals surface area (Å²) in [5.41, 5.74) is 3.02. The molecule has 0 bridgehead atoms. The third-order valence-corrected chi connectivity index (χ3v) is 4.03. The molecule has 0 aliphatic carbocycles. The molecule has 5 heteroatoms. The summed E-state index contributed by atoms with van der Waals surface area (Å²) in [6.07, 6.45) is 2.65. The molecule has 2 rings (SSSR count). The lowest BCUT2D eigenvalue weighted by atomic mass is 10.2. The molecule has 0 saturated carbocycles. The summed E-state index contributed by atoms with van der Waals surface area (Å²) in [4.78, 5) is 5.58. The third-order valence-electron chi connectivity index (χ3n) is 2.92. The van der Waals surface area contributed by atoms with Gasteiger partial charge in [-0.25, -0.2) is 4.98 Å². The van der Waals surface area contributed by atoms with Crippen LogP contribution in [0.3, 0.4) is 0 Å². The van der Waals surface area contributed by atoms with E-state index in [1.807, 2.05) is 17.6 Å². The Hall–Kier alpha value is -1.17. The van der Waals surface area contributed by atoms with Gasteiger partial charge in [0.2, 0.25) is 0 Å². The van der Waals surface area contributed by atoms with E-state index in [0.717, 1.165) is 31.0 Å². The average Bonchev–Trinajstić information content (AvgIpc) is 3.04. The van der Waals surface area contributed by atoms with Gasteiger partial charge in [0.1, 0.15) is 12.4 Å². The van der Waals surface area contributed by atoms with E-state index in [2.05, 4.69) is 24.1 Å². The van der Waals surface area contributed by atoms with Gasteiger partial charge in [0, 0.05) is 17.5 Å². The molecular weight excluding hydrogens is 260 g/mol. The van der Waals surface area contributed by atoms with Gasteiger partial charge in [0.25, 0.3) is 0 Å². The van der Waals surface area contributed by atoms with Crippen LogP contribution in [-0.4, -0.2) is 18.1 Å². The molecule has 1 N–H and O–H groups in total. The Balaban J connectivity index is 1.56. The van der Waals surface area contributed by atoms with Crippen LogP contribution in [0.25, 0.3) is 0 Å². The standard InChI is InChI=1S/C14H20N2O2S/c1-11(14-12(2)16-10-19-14)15-6-4-7-17-9-13-5-3-8-18-13/h3,5,8,10-11,15H,4,6-7,9H2,1-2H3. The van der Waals surface area contributed by atoms with Gasteiger partial charge in [-0.3, -0.25) is 0 Å². The molecule has 0 radical (unpaired) electrons. The minimum Gasteiger partial charge on any atom is -0.467 e. The Bertz CT molecular complexity index is 468. The van der Waals surface area contributed by atoms with E-state index in [1.165, 1.54) is 4.88 Å². The van der Waals surface area contributed by atoms with Crippen molar-refractivity contribution >= 4 is 11.3 Å². The molecule has 1 unspecified atom stereocenters. The number of aryl methyl sites for hydroxylation is 1. The Kier molecular flexibility index (Phi) is 5.57. The van der Waals surface area contributed by atoms with Crippen LogP contribution in [0.5, 0.6) is 0 Å². The minimum atomic E-state index is 0.359. The highest BCUT2D eigenvalue weighted by Crippen LogP contribution is 2.20. The van der Waals surface area contributed by atoms with Gasteiger partial charge in [-0.2, -0.15) is 0 Å². The van der Waals surface area contributed by atoms with Crippen LogP contribution in [0.1, 0.15) is 35.7 Å². The summed E-state index contributed by atoms with van der Waals surface area (Å²) in [6.45, 7) is 6.45. The van der Waals surface area contributed by atoms with Gasteiger partial charge in [-0.1, -0.05) is 0 Å². The third kappa shape index (κ3) is 4.45. The van der Waals surface area contributed by atoms with Crippen LogP contribution in [0.15, 0.2) is 28.3 Å². The predicted molar refractivity (Wildman–Crippen MR) is 76.2 cm³/mol. The fraction of sp³-hybridized carbons (Fsp3) is 0.500. The Labute approximate surface area is 117 Å². The Morgan fingerprint density at radius 1 is 1.53 bits per heavy atom. The van der Waals surface area contributed by atoms with Gasteiger partial charge in [-0.05, 0) is 38.9 Å². The van der Waals surface area contributed by atoms with Crippen molar-refractivity contribution in [3.63, 3.8) is 0 Å². The molecule has 1 atom stereocenters. The number of furan rings is 1. The number of nitrogens with zero attached hydrogens (tertiary/aromatic N) is 1. The molecule has 0 aliphatic heterocycles. The Morgan fingerprint density at radius 3 is 3.11 bits per heavy atom. The maximum absolute atomic E-state index is 5.53. The zero-order chi connectivity index (χ0) is 13.5. The largest absolute Gasteiger partial charge is 0.467 e. The number of hydrogen-bond donors (Lipinski definition) is 1. The topological polar surface area (TPSA) is 47.3 Å². The normalized spacial score (nSPS) is 12.7. The predicted octanol–water partition coefficient (Wildman–Crippen LogP) is 3.30. The van der Waals surface area contributed by atoms with Crippen molar-refractivity contribution in [3.05, 3.63) is 40.2 Å². The van der Waals surface area contributed by atoms with Crippen LogP contribution in [-0.2, 0) is 11.3 Å². The molecular formula is C14H20N2O2S. The lowest BCUT2D eigenvalue weighted by molar-refractivity contribution is 0.104. The summed E-state index contributed by atoms with van der Waals surface area (Å²) in [6, 6.07) is 4.16. The minimum absolute atomic E-state index is 0.359. The molecule has 0 spiro atoms. The maximum atomic E-state index is 5.53. The van der Waals surface area contributed by atoms with Gasteiger partial charge < -0.3 is 14.5 Å². The quantitative estimate of drug-likeness (QED) is 0.754. The van der Waals surface area contributed by atoms with Crippen LogP contribution in [0, 0.1) is 6.92 Å². The summed E-state index contributed by atoms with van der Waals surface area (Å²) in [5.74, 6) is 0.876. The molecule has 2 aromatic rings. The van der Waals surface area contributed by atoms with Crippen molar-refractivity contribution in [2.75, 3.05) is 13.2 Å². The second kappa shape index (κ2) is 7.43. The summed E-state index contributed by atoms with van der Waals surface area (Å²) in [5, 5.41) is 3.49. The SMILES string of the molecule is Cc1ncsc1C(C)NCCCOCc1ccco1.